The molecule has 0 N–H and O–H groups in total. The van der Waals surface area contributed by atoms with Crippen LogP contribution >= 0.6 is 0 Å². The monoisotopic (exact) mass is 628 g/mol. The lowest BCUT2D eigenvalue weighted by Gasteiger charge is -2.29. The number of hydrogen-bond acceptors (Lipinski definition) is 8. The molecule has 0 atom stereocenters. The summed E-state index contributed by atoms with van der Waals surface area (Å²) in [6, 6.07) is 10.9. The summed E-state index contributed by atoms with van der Waals surface area (Å²) in [5, 5.41) is 3.72. The van der Waals surface area contributed by atoms with E-state index in [0.717, 1.165) is 11.8 Å². The van der Waals surface area contributed by atoms with Gasteiger partial charge >= 0.3 is 5.92 Å². The van der Waals surface area contributed by atoms with E-state index in [2.05, 4.69) is 21.6 Å². The van der Waals surface area contributed by atoms with E-state index < -0.39 is 39.0 Å². The molecular weight excluding hydrogens is 597 g/mol. The van der Waals surface area contributed by atoms with Crippen molar-refractivity contribution in [3.63, 3.8) is 0 Å². The van der Waals surface area contributed by atoms with Crippen LogP contribution in [0.5, 0.6) is 0 Å². The van der Waals surface area contributed by atoms with Crippen LogP contribution in [0.15, 0.2) is 77.2 Å². The second kappa shape index (κ2) is 12.4. The number of anilines is 2. The molecule has 0 aliphatic carbocycles. The molecule has 0 radical (unpaired) electrons. The number of aromatic nitrogens is 1. The van der Waals surface area contributed by atoms with Crippen LogP contribution in [0.2, 0.25) is 0 Å². The van der Waals surface area contributed by atoms with E-state index in [4.69, 9.17) is 9.57 Å². The van der Waals surface area contributed by atoms with Crippen molar-refractivity contribution in [1.82, 2.24) is 4.98 Å². The van der Waals surface area contributed by atoms with Crippen LogP contribution in [-0.2, 0) is 30.8 Å². The van der Waals surface area contributed by atoms with Gasteiger partial charge in [-0.1, -0.05) is 36.0 Å². The van der Waals surface area contributed by atoms with Crippen LogP contribution in [0.1, 0.15) is 31.4 Å². The normalized spacial score (nSPS) is 17.2. The van der Waals surface area contributed by atoms with Gasteiger partial charge in [0.25, 0.3) is 0 Å². The fourth-order valence-corrected chi connectivity index (χ4v) is 6.29. The molecule has 2 aliphatic heterocycles. The Labute approximate surface area is 253 Å². The number of benzene rings is 2. The number of amides is 1. The summed E-state index contributed by atoms with van der Waals surface area (Å²) >= 11 is 0. The molecule has 0 bridgehead atoms. The van der Waals surface area contributed by atoms with E-state index in [1.54, 1.807) is 43.5 Å². The molecule has 3 aromatic rings. The van der Waals surface area contributed by atoms with Crippen molar-refractivity contribution in [2.75, 3.05) is 41.9 Å². The number of alkyl halides is 2. The molecule has 44 heavy (non-hydrogen) atoms. The lowest BCUT2D eigenvalue weighted by molar-refractivity contribution is -0.118. The fraction of sp³-hybridized carbons (Fsp3) is 0.323. The minimum absolute atomic E-state index is 0.00429. The highest BCUT2D eigenvalue weighted by Gasteiger charge is 2.33. The molecule has 5 rings (SSSR count). The molecule has 1 fully saturated rings. The highest BCUT2D eigenvalue weighted by atomic mass is 32.2. The van der Waals surface area contributed by atoms with Crippen LogP contribution < -0.4 is 9.80 Å². The Balaban J connectivity index is 1.47. The third-order valence-electron chi connectivity index (χ3n) is 7.47. The molecule has 3 heterocycles. The lowest BCUT2D eigenvalue weighted by Crippen LogP contribution is -2.36. The van der Waals surface area contributed by atoms with Crippen molar-refractivity contribution < 1.29 is 36.0 Å². The quantitative estimate of drug-likeness (QED) is 0.189. The molecule has 2 aliphatic rings. The predicted molar refractivity (Wildman–Crippen MR) is 160 cm³/mol. The Morgan fingerprint density at radius 1 is 1.14 bits per heavy atom. The zero-order valence-electron chi connectivity index (χ0n) is 24.2. The number of pyridine rings is 1. The van der Waals surface area contributed by atoms with E-state index >= 15 is 4.39 Å². The van der Waals surface area contributed by atoms with Gasteiger partial charge in [-0.2, -0.15) is 8.78 Å². The average Bonchev–Trinajstić information content (AvgIpc) is 3.09. The molecule has 232 valence electrons. The molecular formula is C31H31F3N4O5S. The van der Waals surface area contributed by atoms with Crippen LogP contribution in [-0.4, -0.2) is 63.0 Å². The van der Waals surface area contributed by atoms with Crippen molar-refractivity contribution in [3.05, 3.63) is 84.1 Å². The minimum Gasteiger partial charge on any atom is -0.378 e. The molecule has 1 amide bonds. The summed E-state index contributed by atoms with van der Waals surface area (Å²) in [6.45, 7) is 7.83. The summed E-state index contributed by atoms with van der Waals surface area (Å²) < 4.78 is 73.9. The first-order chi connectivity index (χ1) is 20.8. The summed E-state index contributed by atoms with van der Waals surface area (Å²) in [5.41, 5.74) is 2.94. The maximum absolute atomic E-state index is 15.6. The molecule has 2 aromatic carbocycles. The number of carbonyl (C=O) groups is 1. The van der Waals surface area contributed by atoms with Crippen molar-refractivity contribution in [1.29, 1.82) is 0 Å². The highest BCUT2D eigenvalue weighted by molar-refractivity contribution is 7.91. The smallest absolute Gasteiger partial charge is 0.304 e. The van der Waals surface area contributed by atoms with Gasteiger partial charge in [-0.15, -0.1) is 0 Å². The van der Waals surface area contributed by atoms with E-state index in [1.165, 1.54) is 17.2 Å². The van der Waals surface area contributed by atoms with Crippen LogP contribution in [0.25, 0.3) is 11.1 Å². The molecule has 0 spiro atoms. The van der Waals surface area contributed by atoms with Crippen LogP contribution in [0, 0.1) is 5.82 Å². The predicted octanol–water partition coefficient (Wildman–Crippen LogP) is 5.34. The third kappa shape index (κ3) is 6.78. The summed E-state index contributed by atoms with van der Waals surface area (Å²) in [4.78, 5) is 25.5. The van der Waals surface area contributed by atoms with Crippen molar-refractivity contribution in [3.8, 4) is 11.1 Å². The van der Waals surface area contributed by atoms with Crippen molar-refractivity contribution >= 4 is 32.8 Å². The molecule has 13 heteroatoms. The molecule has 9 nitrogen and oxygen atoms in total. The maximum Gasteiger partial charge on any atom is 0.304 e. The third-order valence-corrected chi connectivity index (χ3v) is 9.20. The highest BCUT2D eigenvalue weighted by Crippen LogP contribution is 2.38. The lowest BCUT2D eigenvalue weighted by atomic mass is 10.0. The van der Waals surface area contributed by atoms with Crippen molar-refractivity contribution in [2.45, 2.75) is 37.6 Å². The van der Waals surface area contributed by atoms with Gasteiger partial charge in [0.15, 0.2) is 15.6 Å². The average molecular weight is 629 g/mol. The number of rotatable bonds is 8. The van der Waals surface area contributed by atoms with Crippen molar-refractivity contribution in [2.24, 2.45) is 5.16 Å². The minimum atomic E-state index is -3.96. The van der Waals surface area contributed by atoms with E-state index in [0.29, 0.717) is 55.6 Å². The zero-order valence-corrected chi connectivity index (χ0v) is 25.0. The Morgan fingerprint density at radius 3 is 2.52 bits per heavy atom. The molecule has 0 saturated carbocycles. The largest absolute Gasteiger partial charge is 0.378 e. The van der Waals surface area contributed by atoms with E-state index in [-0.39, 0.29) is 29.1 Å². The Kier molecular flexibility index (Phi) is 8.80. The number of allylic oxidation sites excluding steroid dienone is 1. The van der Waals surface area contributed by atoms with Gasteiger partial charge in [0.05, 0.1) is 53.7 Å². The first kappa shape index (κ1) is 31.2. The summed E-state index contributed by atoms with van der Waals surface area (Å²) in [7, 11) is -3.96. The topological polar surface area (TPSA) is 101 Å². The number of morpholine rings is 1. The standard InChI is InChI=1S/C31H31F3N4O5S/c1-20(36-43-21(2)31(3,33)34)23-6-4-22(5-7-23)19-38-28-15-26(27(32)16-29(28)44(40,41)13-8-30(38)39)24-14-25(18-35-17-24)37-9-11-42-12-10-37/h4-7,14-18H,2,8-13,19H2,1,3H3/b36-20+. The second-order valence-electron chi connectivity index (χ2n) is 10.7. The molecule has 0 unspecified atom stereocenters. The number of oxime groups is 1. The zero-order chi connectivity index (χ0) is 31.6. The second-order valence-corrected chi connectivity index (χ2v) is 12.7. The SMILES string of the molecule is C=C(O/N=C(\C)c1ccc(CN2C(=O)CCS(=O)(=O)c3cc(F)c(-c4cncc(N5CCOCC5)c4)cc32)cc1)C(C)(F)F. The van der Waals surface area contributed by atoms with E-state index in [1.807, 2.05) is 0 Å². The first-order valence-electron chi connectivity index (χ1n) is 13.9. The number of ether oxygens (including phenoxy) is 1. The van der Waals surface area contributed by atoms with Gasteiger partial charge in [0, 0.05) is 43.8 Å². The maximum atomic E-state index is 15.6. The Hall–Kier alpha value is -4.23. The molecule has 1 saturated heterocycles. The number of sulfone groups is 1. The summed E-state index contributed by atoms with van der Waals surface area (Å²) in [6.07, 6.45) is 2.90. The Morgan fingerprint density at radius 2 is 1.84 bits per heavy atom. The summed E-state index contributed by atoms with van der Waals surface area (Å²) in [5.74, 6) is -5.66. The van der Waals surface area contributed by atoms with E-state index in [9.17, 15) is 22.0 Å². The Bertz CT molecular complexity index is 1720. The van der Waals surface area contributed by atoms with Gasteiger partial charge in [-0.25, -0.2) is 12.8 Å². The van der Waals surface area contributed by atoms with Crippen LogP contribution in [0.4, 0.5) is 24.5 Å². The van der Waals surface area contributed by atoms with Gasteiger partial charge in [-0.05, 0) is 36.2 Å². The van der Waals surface area contributed by atoms with Gasteiger partial charge in [0.2, 0.25) is 5.91 Å². The fourth-order valence-electron chi connectivity index (χ4n) is 4.86. The number of hydrogen-bond donors (Lipinski definition) is 0. The number of halogens is 3. The van der Waals surface area contributed by atoms with Gasteiger partial charge in [0.1, 0.15) is 5.82 Å². The first-order valence-corrected chi connectivity index (χ1v) is 15.5. The number of carbonyl (C=O) groups excluding carboxylic acids is 1. The van der Waals surface area contributed by atoms with Gasteiger partial charge < -0.3 is 19.4 Å². The molecule has 1 aromatic heterocycles. The number of fused-ring (bicyclic) bond motifs is 1. The number of nitrogens with zero attached hydrogens (tertiary/aromatic N) is 4. The van der Waals surface area contributed by atoms with Gasteiger partial charge in [-0.3, -0.25) is 9.78 Å². The van der Waals surface area contributed by atoms with Crippen LogP contribution in [0.3, 0.4) is 0 Å².